The second-order valence-corrected chi connectivity index (χ2v) is 5.97. The van der Waals surface area contributed by atoms with Gasteiger partial charge in [0.15, 0.2) is 12.2 Å². The Hall–Kier alpha value is -2.70. The average Bonchev–Trinajstić information content (AvgIpc) is 3.24. The molecule has 0 aliphatic carbocycles. The van der Waals surface area contributed by atoms with Gasteiger partial charge in [-0.1, -0.05) is 43.5 Å². The zero-order valence-corrected chi connectivity index (χ0v) is 14.2. The molecule has 0 N–H and O–H groups in total. The number of hydrogen-bond donors (Lipinski definition) is 0. The minimum atomic E-state index is -0.568. The maximum atomic E-state index is 12.2. The van der Waals surface area contributed by atoms with Crippen LogP contribution in [0.5, 0.6) is 0 Å². The van der Waals surface area contributed by atoms with Crippen LogP contribution < -0.4 is 0 Å². The second-order valence-electron chi connectivity index (χ2n) is 5.97. The van der Waals surface area contributed by atoms with Crippen LogP contribution in [0.1, 0.15) is 10.4 Å². The predicted molar refractivity (Wildman–Crippen MR) is 93.5 cm³/mol. The van der Waals surface area contributed by atoms with Crippen molar-refractivity contribution in [3.05, 3.63) is 72.9 Å². The highest BCUT2D eigenvalue weighted by Crippen LogP contribution is 2.31. The summed E-state index contributed by atoms with van der Waals surface area (Å²) in [6.45, 7) is 7.55. The van der Waals surface area contributed by atoms with E-state index in [1.807, 2.05) is 6.07 Å². The topological polar surface area (TPSA) is 71.1 Å². The highest BCUT2D eigenvalue weighted by molar-refractivity contribution is 5.91. The number of rotatable bonds is 6. The fraction of sp³-hybridized carbons (Fsp3) is 0.300. The fourth-order valence-corrected chi connectivity index (χ4v) is 2.88. The summed E-state index contributed by atoms with van der Waals surface area (Å²) < 4.78 is 22.2. The first kappa shape index (κ1) is 18.1. The van der Waals surface area contributed by atoms with E-state index in [0.29, 0.717) is 5.56 Å². The van der Waals surface area contributed by atoms with Crippen molar-refractivity contribution in [2.24, 2.45) is 0 Å². The van der Waals surface area contributed by atoms with E-state index in [2.05, 4.69) is 13.2 Å². The molecule has 26 heavy (non-hydrogen) atoms. The third-order valence-electron chi connectivity index (χ3n) is 4.18. The van der Waals surface area contributed by atoms with Gasteiger partial charge in [-0.15, -0.1) is 0 Å². The van der Waals surface area contributed by atoms with Gasteiger partial charge in [-0.2, -0.15) is 0 Å². The van der Waals surface area contributed by atoms with E-state index in [9.17, 15) is 9.59 Å². The maximum Gasteiger partial charge on any atom is 0.338 e. The van der Waals surface area contributed by atoms with E-state index in [-0.39, 0.29) is 18.8 Å². The third kappa shape index (κ3) is 3.92. The van der Waals surface area contributed by atoms with Gasteiger partial charge in [0, 0.05) is 0 Å². The zero-order chi connectivity index (χ0) is 18.5. The van der Waals surface area contributed by atoms with Crippen molar-refractivity contribution in [3.63, 3.8) is 0 Å². The number of esters is 2. The Bertz CT molecular complexity index is 723. The smallest absolute Gasteiger partial charge is 0.338 e. The monoisotopic (exact) mass is 356 g/mol. The van der Waals surface area contributed by atoms with E-state index in [1.165, 1.54) is 6.08 Å². The summed E-state index contributed by atoms with van der Waals surface area (Å²) in [5.41, 5.74) is 0.667. The molecule has 136 valence electrons. The summed E-state index contributed by atoms with van der Waals surface area (Å²) in [4.78, 5) is 24.2. The zero-order valence-electron chi connectivity index (χ0n) is 14.2. The van der Waals surface area contributed by atoms with Crippen molar-refractivity contribution in [1.29, 1.82) is 0 Å². The molecule has 0 amide bonds. The molecular weight excluding hydrogens is 336 g/mol. The first-order valence-corrected chi connectivity index (χ1v) is 8.28. The van der Waals surface area contributed by atoms with Gasteiger partial charge < -0.3 is 18.9 Å². The standard InChI is InChI=1S/C20H20O6/c1-3-4-8-13(2)19(21)25-15-11-23-18-16(12-24-17(15)18)26-20(22)14-9-6-5-7-10-14/h3-10,15-18H,1-2,11-12H2/b8-4-. The van der Waals surface area contributed by atoms with Crippen molar-refractivity contribution < 1.29 is 28.5 Å². The number of benzene rings is 1. The van der Waals surface area contributed by atoms with Crippen molar-refractivity contribution in [2.75, 3.05) is 13.2 Å². The summed E-state index contributed by atoms with van der Waals surface area (Å²) in [5, 5.41) is 0. The average molecular weight is 356 g/mol. The van der Waals surface area contributed by atoms with Crippen LogP contribution in [-0.2, 0) is 23.7 Å². The number of hydrogen-bond acceptors (Lipinski definition) is 6. The third-order valence-corrected chi connectivity index (χ3v) is 4.18. The molecule has 1 aromatic carbocycles. The lowest BCUT2D eigenvalue weighted by Crippen LogP contribution is -2.36. The highest BCUT2D eigenvalue weighted by Gasteiger charge is 2.51. The summed E-state index contributed by atoms with van der Waals surface area (Å²) in [6, 6.07) is 8.71. The van der Waals surface area contributed by atoms with Gasteiger partial charge in [-0.25, -0.2) is 9.59 Å². The molecule has 0 radical (unpaired) electrons. The maximum absolute atomic E-state index is 12.2. The molecule has 0 saturated carbocycles. The summed E-state index contributed by atoms with van der Waals surface area (Å²) in [5.74, 6) is -0.988. The van der Waals surface area contributed by atoms with Crippen LogP contribution in [0, 0.1) is 0 Å². The van der Waals surface area contributed by atoms with E-state index >= 15 is 0 Å². The molecule has 0 spiro atoms. The molecule has 0 bridgehead atoms. The van der Waals surface area contributed by atoms with Crippen LogP contribution in [0.3, 0.4) is 0 Å². The molecule has 2 aliphatic heterocycles. The second kappa shape index (κ2) is 8.12. The molecule has 4 unspecified atom stereocenters. The van der Waals surface area contributed by atoms with Crippen LogP contribution in [-0.4, -0.2) is 49.6 Å². The Balaban J connectivity index is 1.56. The van der Waals surface area contributed by atoms with E-state index in [4.69, 9.17) is 18.9 Å². The van der Waals surface area contributed by atoms with Crippen molar-refractivity contribution in [1.82, 2.24) is 0 Å². The molecule has 3 rings (SSSR count). The largest absolute Gasteiger partial charge is 0.453 e. The first-order chi connectivity index (χ1) is 12.6. The molecule has 0 aromatic heterocycles. The SMILES string of the molecule is C=C/C=C\C(=C)C(=O)OC1COC2C(OC(=O)c3ccccc3)COC12. The molecule has 2 aliphatic rings. The van der Waals surface area contributed by atoms with Gasteiger partial charge in [0.25, 0.3) is 0 Å². The number of carbonyl (C=O) groups is 2. The molecule has 6 nitrogen and oxygen atoms in total. The van der Waals surface area contributed by atoms with Gasteiger partial charge in [0.05, 0.1) is 24.4 Å². The van der Waals surface area contributed by atoms with E-state index < -0.39 is 36.4 Å². The van der Waals surface area contributed by atoms with Crippen LogP contribution in [0.2, 0.25) is 0 Å². The lowest BCUT2D eigenvalue weighted by atomic mass is 10.1. The summed E-state index contributed by atoms with van der Waals surface area (Å²) in [6.07, 6.45) is 2.62. The number of carbonyl (C=O) groups excluding carboxylic acids is 2. The molecule has 1 aromatic rings. The lowest BCUT2D eigenvalue weighted by molar-refractivity contribution is -0.148. The highest BCUT2D eigenvalue weighted by atomic mass is 16.7. The van der Waals surface area contributed by atoms with Gasteiger partial charge in [-0.05, 0) is 18.2 Å². The quantitative estimate of drug-likeness (QED) is 0.442. The first-order valence-electron chi connectivity index (χ1n) is 8.28. The van der Waals surface area contributed by atoms with Crippen LogP contribution >= 0.6 is 0 Å². The van der Waals surface area contributed by atoms with Gasteiger partial charge in [-0.3, -0.25) is 0 Å². The Kier molecular flexibility index (Phi) is 5.65. The van der Waals surface area contributed by atoms with E-state index in [0.717, 1.165) is 0 Å². The molecular formula is C20H20O6. The summed E-state index contributed by atoms with van der Waals surface area (Å²) >= 11 is 0. The molecule has 4 atom stereocenters. The summed E-state index contributed by atoms with van der Waals surface area (Å²) in [7, 11) is 0. The Morgan fingerprint density at radius 1 is 1.04 bits per heavy atom. The van der Waals surface area contributed by atoms with E-state index in [1.54, 1.807) is 36.4 Å². The van der Waals surface area contributed by atoms with Crippen LogP contribution in [0.25, 0.3) is 0 Å². The Labute approximate surface area is 151 Å². The number of ether oxygens (including phenoxy) is 4. The fourth-order valence-electron chi connectivity index (χ4n) is 2.88. The van der Waals surface area contributed by atoms with Crippen molar-refractivity contribution in [3.8, 4) is 0 Å². The Morgan fingerprint density at radius 2 is 1.65 bits per heavy atom. The van der Waals surface area contributed by atoms with Crippen LogP contribution in [0.4, 0.5) is 0 Å². The van der Waals surface area contributed by atoms with Gasteiger partial charge in [0.2, 0.25) is 0 Å². The minimum Gasteiger partial charge on any atom is -0.453 e. The molecule has 2 heterocycles. The van der Waals surface area contributed by atoms with Crippen molar-refractivity contribution >= 4 is 11.9 Å². The Morgan fingerprint density at radius 3 is 2.27 bits per heavy atom. The van der Waals surface area contributed by atoms with Gasteiger partial charge >= 0.3 is 11.9 Å². The lowest BCUT2D eigenvalue weighted by Gasteiger charge is -2.17. The minimum absolute atomic E-state index is 0.179. The molecule has 6 heteroatoms. The van der Waals surface area contributed by atoms with Gasteiger partial charge in [0.1, 0.15) is 12.2 Å². The normalized spacial score (nSPS) is 27.1. The van der Waals surface area contributed by atoms with Crippen molar-refractivity contribution in [2.45, 2.75) is 24.4 Å². The molecule has 2 saturated heterocycles. The predicted octanol–water partition coefficient (Wildman–Crippen LogP) is 2.22. The van der Waals surface area contributed by atoms with Crippen LogP contribution in [0.15, 0.2) is 67.3 Å². The molecule has 2 fully saturated rings. The number of allylic oxidation sites excluding steroid dienone is 2. The number of fused-ring (bicyclic) bond motifs is 1.